The van der Waals surface area contributed by atoms with Crippen molar-refractivity contribution in [1.29, 1.82) is 0 Å². The highest BCUT2D eigenvalue weighted by molar-refractivity contribution is 5.98. The Labute approximate surface area is 227 Å². The van der Waals surface area contributed by atoms with Crippen LogP contribution in [-0.2, 0) is 14.3 Å². The second kappa shape index (κ2) is 12.2. The van der Waals surface area contributed by atoms with Gasteiger partial charge in [0.05, 0.1) is 33.9 Å². The lowest BCUT2D eigenvalue weighted by Crippen LogP contribution is -2.23. The topological polar surface area (TPSA) is 118 Å². The second-order valence-corrected chi connectivity index (χ2v) is 9.70. The van der Waals surface area contributed by atoms with E-state index in [2.05, 4.69) is 0 Å². The Bertz CT molecular complexity index is 1290. The number of hydrogen-bond donors (Lipinski definition) is 1. The quantitative estimate of drug-likeness (QED) is 0.406. The van der Waals surface area contributed by atoms with Gasteiger partial charge in [-0.3, -0.25) is 9.59 Å². The third-order valence-corrected chi connectivity index (χ3v) is 7.09. The van der Waals surface area contributed by atoms with Crippen molar-refractivity contribution in [2.75, 3.05) is 21.3 Å². The van der Waals surface area contributed by atoms with Gasteiger partial charge in [-0.2, -0.15) is 0 Å². The minimum Gasteiger partial charge on any atom is -0.507 e. The van der Waals surface area contributed by atoms with Crippen molar-refractivity contribution in [3.63, 3.8) is 0 Å². The maximum absolute atomic E-state index is 13.4. The number of phenolic OH excluding ortho intramolecular Hbond substituents is 1. The highest BCUT2D eigenvalue weighted by atomic mass is 16.5. The summed E-state index contributed by atoms with van der Waals surface area (Å²) in [6.45, 7) is 1.76. The molecule has 2 atom stereocenters. The summed E-state index contributed by atoms with van der Waals surface area (Å²) >= 11 is 0. The fourth-order valence-electron chi connectivity index (χ4n) is 5.18. The van der Waals surface area contributed by atoms with E-state index in [-0.39, 0.29) is 34.8 Å². The molecule has 2 heterocycles. The van der Waals surface area contributed by atoms with Crippen LogP contribution >= 0.6 is 0 Å². The summed E-state index contributed by atoms with van der Waals surface area (Å²) in [5, 5.41) is 11.6. The minimum absolute atomic E-state index is 0.00706. The van der Waals surface area contributed by atoms with Crippen LogP contribution in [-0.4, -0.2) is 50.3 Å². The van der Waals surface area contributed by atoms with Crippen LogP contribution in [0.1, 0.15) is 84.8 Å². The van der Waals surface area contributed by atoms with Crippen molar-refractivity contribution >= 4 is 23.8 Å². The second-order valence-electron chi connectivity index (χ2n) is 9.70. The summed E-state index contributed by atoms with van der Waals surface area (Å²) in [7, 11) is 4.46. The number of esters is 2. The van der Waals surface area contributed by atoms with Gasteiger partial charge in [0.2, 0.25) is 5.75 Å². The molecule has 2 aliphatic rings. The number of methoxy groups -OCH3 is 3. The lowest BCUT2D eigenvalue weighted by molar-refractivity contribution is -0.135. The Morgan fingerprint density at radius 1 is 0.974 bits per heavy atom. The number of benzene rings is 2. The number of carbonyl (C=O) groups excluding carboxylic acids is 3. The zero-order valence-corrected chi connectivity index (χ0v) is 22.7. The van der Waals surface area contributed by atoms with Crippen LogP contribution in [0.15, 0.2) is 24.3 Å². The minimum atomic E-state index is -0.699. The Kier molecular flexibility index (Phi) is 8.79. The number of rotatable bonds is 4. The number of phenols is 1. The van der Waals surface area contributed by atoms with E-state index in [1.165, 1.54) is 21.3 Å². The molecule has 208 valence electrons. The van der Waals surface area contributed by atoms with Gasteiger partial charge in [-0.1, -0.05) is 18.2 Å². The van der Waals surface area contributed by atoms with Crippen LogP contribution in [0.5, 0.6) is 28.7 Å². The summed E-state index contributed by atoms with van der Waals surface area (Å²) in [6.07, 6.45) is 6.32. The fourth-order valence-corrected chi connectivity index (χ4v) is 5.18. The van der Waals surface area contributed by atoms with Gasteiger partial charge in [0.25, 0.3) is 0 Å². The van der Waals surface area contributed by atoms with Crippen molar-refractivity contribution in [2.45, 2.75) is 63.9 Å². The van der Waals surface area contributed by atoms with Gasteiger partial charge in [-0.05, 0) is 50.3 Å². The van der Waals surface area contributed by atoms with Gasteiger partial charge in [-0.15, -0.1) is 0 Å². The molecule has 9 nitrogen and oxygen atoms in total. The molecular formula is C30H34O9. The number of hydrogen-bond acceptors (Lipinski definition) is 9. The number of fused-ring (bicyclic) bond motifs is 2. The first-order valence-corrected chi connectivity index (χ1v) is 13.1. The van der Waals surface area contributed by atoms with E-state index >= 15 is 0 Å². The lowest BCUT2D eigenvalue weighted by Gasteiger charge is -2.29. The van der Waals surface area contributed by atoms with E-state index in [1.54, 1.807) is 31.2 Å². The summed E-state index contributed by atoms with van der Waals surface area (Å²) in [4.78, 5) is 38.2. The van der Waals surface area contributed by atoms with Gasteiger partial charge >= 0.3 is 11.9 Å². The molecule has 2 aromatic carbocycles. The fraction of sp³-hybridized carbons (Fsp3) is 0.433. The molecule has 0 saturated carbocycles. The molecule has 0 saturated heterocycles. The van der Waals surface area contributed by atoms with Crippen molar-refractivity contribution in [1.82, 2.24) is 0 Å². The maximum atomic E-state index is 13.4. The predicted octanol–water partition coefficient (Wildman–Crippen LogP) is 5.34. The molecular weight excluding hydrogens is 504 g/mol. The number of aromatic hydroxyl groups is 1. The van der Waals surface area contributed by atoms with E-state index < -0.39 is 24.0 Å². The third kappa shape index (κ3) is 5.87. The van der Waals surface area contributed by atoms with Crippen molar-refractivity contribution in [3.05, 3.63) is 46.5 Å². The van der Waals surface area contributed by atoms with Crippen LogP contribution in [0.3, 0.4) is 0 Å². The molecule has 2 aliphatic heterocycles. The zero-order valence-electron chi connectivity index (χ0n) is 22.7. The highest BCUT2D eigenvalue weighted by Crippen LogP contribution is 2.52. The Morgan fingerprint density at radius 3 is 2.44 bits per heavy atom. The smallest absolute Gasteiger partial charge is 0.342 e. The molecule has 39 heavy (non-hydrogen) atoms. The number of cyclic esters (lactones) is 1. The first kappa shape index (κ1) is 28.0. The Hall–Kier alpha value is -4.01. The molecule has 0 aromatic heterocycles. The average molecular weight is 539 g/mol. The summed E-state index contributed by atoms with van der Waals surface area (Å²) in [5.74, 6) is -0.757. The van der Waals surface area contributed by atoms with Gasteiger partial charge in [0, 0.05) is 29.9 Å². The molecule has 2 aromatic rings. The first-order chi connectivity index (χ1) is 18.8. The monoisotopic (exact) mass is 538 g/mol. The van der Waals surface area contributed by atoms with Crippen molar-refractivity contribution in [2.24, 2.45) is 0 Å². The summed E-state index contributed by atoms with van der Waals surface area (Å²) in [5.41, 5.74) is 1.20. The Morgan fingerprint density at radius 2 is 1.72 bits per heavy atom. The number of allylic oxidation sites excluding steroid dienone is 1. The predicted molar refractivity (Wildman–Crippen MR) is 143 cm³/mol. The lowest BCUT2D eigenvalue weighted by atomic mass is 9.83. The van der Waals surface area contributed by atoms with Crippen molar-refractivity contribution < 1.29 is 43.2 Å². The van der Waals surface area contributed by atoms with Gasteiger partial charge in [-0.25, -0.2) is 4.79 Å². The molecule has 0 radical (unpaired) electrons. The number of Topliss-reactive ketones (excluding diaryl/α,β-unsaturated/α-hetero) is 1. The zero-order chi connectivity index (χ0) is 28.1. The van der Waals surface area contributed by atoms with Crippen LogP contribution < -0.4 is 18.9 Å². The SMILES string of the molecule is COc1ccc([C@H]2CC(=O)Oc3cc4c(c(O)c32)C(=O)O[C@@H](C)CCCC(=O)CCCC=C4)c(OC)c1OC. The van der Waals surface area contributed by atoms with Gasteiger partial charge in [0.1, 0.15) is 22.8 Å². The maximum Gasteiger partial charge on any atom is 0.342 e. The van der Waals surface area contributed by atoms with Crippen molar-refractivity contribution in [3.8, 4) is 28.7 Å². The standard InChI is InChI=1S/C30H34O9/c1-17-9-8-12-19(31)11-7-5-6-10-18-15-23-26(27(33)25(18)30(34)38-17)21(16-24(32)39-23)20-13-14-22(35-2)29(37-4)28(20)36-3/h6,10,13-15,17,21,33H,5,7-9,11-12,16H2,1-4H3/t17-,21+/m0/s1. The number of carbonyl (C=O) groups is 3. The van der Waals surface area contributed by atoms with Crippen LogP contribution in [0.4, 0.5) is 0 Å². The molecule has 0 aliphatic carbocycles. The number of ether oxygens (including phenoxy) is 5. The largest absolute Gasteiger partial charge is 0.507 e. The molecule has 0 spiro atoms. The Balaban J connectivity index is 1.87. The molecule has 0 unspecified atom stereocenters. The van der Waals surface area contributed by atoms with E-state index in [4.69, 9.17) is 23.7 Å². The van der Waals surface area contributed by atoms with E-state index in [0.29, 0.717) is 66.9 Å². The van der Waals surface area contributed by atoms with Gasteiger partial charge < -0.3 is 28.8 Å². The summed E-state index contributed by atoms with van der Waals surface area (Å²) < 4.78 is 27.8. The van der Waals surface area contributed by atoms with Crippen LogP contribution in [0.2, 0.25) is 0 Å². The van der Waals surface area contributed by atoms with Crippen LogP contribution in [0, 0.1) is 0 Å². The molecule has 0 amide bonds. The van der Waals surface area contributed by atoms with E-state index in [9.17, 15) is 19.5 Å². The highest BCUT2D eigenvalue weighted by Gasteiger charge is 2.37. The normalized spacial score (nSPS) is 20.2. The van der Waals surface area contributed by atoms with E-state index in [0.717, 1.165) is 0 Å². The first-order valence-electron chi connectivity index (χ1n) is 13.1. The molecule has 4 rings (SSSR count). The number of ketones is 1. The van der Waals surface area contributed by atoms with E-state index in [1.807, 2.05) is 6.08 Å². The molecule has 9 heteroatoms. The average Bonchev–Trinajstić information content (AvgIpc) is 2.90. The molecule has 0 bridgehead atoms. The molecule has 1 N–H and O–H groups in total. The molecule has 0 fully saturated rings. The van der Waals surface area contributed by atoms with Crippen LogP contribution in [0.25, 0.3) is 6.08 Å². The third-order valence-electron chi connectivity index (χ3n) is 7.09. The summed E-state index contributed by atoms with van der Waals surface area (Å²) in [6, 6.07) is 5.00. The van der Waals surface area contributed by atoms with Gasteiger partial charge in [0.15, 0.2) is 11.5 Å².